The van der Waals surface area contributed by atoms with Crippen LogP contribution in [0.3, 0.4) is 0 Å². The maximum atomic E-state index is 4.61. The van der Waals surface area contributed by atoms with Crippen LogP contribution in [0.4, 0.5) is 0 Å². The molecule has 0 spiro atoms. The molecule has 0 saturated heterocycles. The van der Waals surface area contributed by atoms with Gasteiger partial charge in [0.15, 0.2) is 0 Å². The summed E-state index contributed by atoms with van der Waals surface area (Å²) in [5, 5.41) is 4.61. The van der Waals surface area contributed by atoms with Crippen molar-refractivity contribution in [3.63, 3.8) is 0 Å². The predicted octanol–water partition coefficient (Wildman–Crippen LogP) is 2.58. The topological polar surface area (TPSA) is 14.1 Å². The van der Waals surface area contributed by atoms with Crippen molar-refractivity contribution < 1.29 is 0 Å². The Morgan fingerprint density at radius 3 is 1.40 bits per heavy atom. The van der Waals surface area contributed by atoms with Crippen molar-refractivity contribution >= 4 is 0 Å². The summed E-state index contributed by atoms with van der Waals surface area (Å²) in [5.41, 5.74) is 0.300. The van der Waals surface area contributed by atoms with Gasteiger partial charge < -0.3 is 0 Å². The Hall–Kier alpha value is -0.0400. The molecule has 0 aliphatic heterocycles. The molecule has 1 heteroatoms. The Kier molecular flexibility index (Phi) is 4.71. The molecule has 0 aromatic carbocycles. The summed E-state index contributed by atoms with van der Waals surface area (Å²) in [5.74, 6) is 0. The molecule has 0 unspecified atom stereocenters. The smallest absolute Gasteiger partial charge is 0.0348 e. The fourth-order valence-corrected chi connectivity index (χ4v) is 1.42. The van der Waals surface area contributed by atoms with E-state index in [1.54, 1.807) is 0 Å². The van der Waals surface area contributed by atoms with Crippen molar-refractivity contribution in [2.45, 2.75) is 52.5 Å². The lowest BCUT2D eigenvalue weighted by Crippen LogP contribution is -2.37. The minimum Gasteiger partial charge on any atom is -0.235 e. The van der Waals surface area contributed by atoms with Crippen LogP contribution in [0.5, 0.6) is 0 Å². The van der Waals surface area contributed by atoms with Gasteiger partial charge in [-0.25, -0.2) is 5.32 Å². The van der Waals surface area contributed by atoms with Crippen LogP contribution in [-0.2, 0) is 0 Å². The van der Waals surface area contributed by atoms with Crippen molar-refractivity contribution in [2.75, 3.05) is 6.54 Å². The first-order valence-corrected chi connectivity index (χ1v) is 4.43. The lowest BCUT2D eigenvalue weighted by atomic mass is 9.90. The van der Waals surface area contributed by atoms with Gasteiger partial charge in [-0.1, -0.05) is 27.7 Å². The number of hydrogen-bond donors (Lipinski definition) is 0. The average Bonchev–Trinajstić information content (AvgIpc) is 2.01. The largest absolute Gasteiger partial charge is 0.235 e. The summed E-state index contributed by atoms with van der Waals surface area (Å²) < 4.78 is 0. The Balaban J connectivity index is 3.87. The number of hydrogen-bond acceptors (Lipinski definition) is 0. The zero-order valence-corrected chi connectivity index (χ0v) is 7.78. The van der Waals surface area contributed by atoms with Gasteiger partial charge in [-0.3, -0.25) is 0 Å². The molecule has 0 bridgehead atoms. The average molecular weight is 142 g/mol. The molecule has 0 N–H and O–H groups in total. The highest BCUT2D eigenvalue weighted by atomic mass is 15.0. The van der Waals surface area contributed by atoms with Crippen LogP contribution in [0.15, 0.2) is 0 Å². The second-order valence-corrected chi connectivity index (χ2v) is 2.76. The SMILES string of the molecule is CC[N]C(CC)(CC)CC. The van der Waals surface area contributed by atoms with Crippen LogP contribution >= 0.6 is 0 Å². The molecule has 0 atom stereocenters. The molecule has 0 rings (SSSR count). The molecular formula is C9H20N. The minimum absolute atomic E-state index is 0.300. The van der Waals surface area contributed by atoms with Crippen LogP contribution in [0.25, 0.3) is 0 Å². The highest BCUT2D eigenvalue weighted by molar-refractivity contribution is 4.82. The van der Waals surface area contributed by atoms with Gasteiger partial charge in [0.05, 0.1) is 0 Å². The van der Waals surface area contributed by atoms with Crippen molar-refractivity contribution in [3.05, 3.63) is 0 Å². The molecule has 1 nitrogen and oxygen atoms in total. The first kappa shape index (κ1) is 9.96. The van der Waals surface area contributed by atoms with Gasteiger partial charge in [-0.05, 0) is 19.3 Å². The van der Waals surface area contributed by atoms with Gasteiger partial charge in [0.2, 0.25) is 0 Å². The van der Waals surface area contributed by atoms with Crippen LogP contribution in [0.1, 0.15) is 47.0 Å². The normalized spacial score (nSPS) is 12.0. The van der Waals surface area contributed by atoms with E-state index in [0.717, 1.165) is 6.54 Å². The van der Waals surface area contributed by atoms with Crippen molar-refractivity contribution in [1.29, 1.82) is 0 Å². The number of rotatable bonds is 5. The van der Waals surface area contributed by atoms with Crippen LogP contribution < -0.4 is 5.32 Å². The van der Waals surface area contributed by atoms with Gasteiger partial charge in [0.1, 0.15) is 0 Å². The van der Waals surface area contributed by atoms with E-state index in [4.69, 9.17) is 0 Å². The van der Waals surface area contributed by atoms with E-state index < -0.39 is 0 Å². The predicted molar refractivity (Wildman–Crippen MR) is 46.3 cm³/mol. The second kappa shape index (κ2) is 4.73. The van der Waals surface area contributed by atoms with E-state index in [0.29, 0.717) is 5.54 Å². The molecule has 0 saturated carbocycles. The minimum atomic E-state index is 0.300. The van der Waals surface area contributed by atoms with E-state index in [9.17, 15) is 0 Å². The van der Waals surface area contributed by atoms with Gasteiger partial charge in [-0.2, -0.15) is 0 Å². The molecule has 0 aliphatic carbocycles. The van der Waals surface area contributed by atoms with Crippen LogP contribution in [0.2, 0.25) is 0 Å². The van der Waals surface area contributed by atoms with Crippen molar-refractivity contribution in [3.8, 4) is 0 Å². The first-order chi connectivity index (χ1) is 4.74. The van der Waals surface area contributed by atoms with Crippen molar-refractivity contribution in [1.82, 2.24) is 5.32 Å². The summed E-state index contributed by atoms with van der Waals surface area (Å²) >= 11 is 0. The Morgan fingerprint density at radius 1 is 0.900 bits per heavy atom. The fraction of sp³-hybridized carbons (Fsp3) is 1.00. The fourth-order valence-electron chi connectivity index (χ4n) is 1.42. The summed E-state index contributed by atoms with van der Waals surface area (Å²) in [6.07, 6.45) is 3.57. The Bertz CT molecular complexity index is 66.5. The van der Waals surface area contributed by atoms with E-state index in [2.05, 4.69) is 33.0 Å². The summed E-state index contributed by atoms with van der Waals surface area (Å²) in [6.45, 7) is 9.77. The van der Waals surface area contributed by atoms with Gasteiger partial charge >= 0.3 is 0 Å². The van der Waals surface area contributed by atoms with Gasteiger partial charge in [0.25, 0.3) is 0 Å². The molecule has 0 aromatic rings. The van der Waals surface area contributed by atoms with Crippen LogP contribution in [0, 0.1) is 0 Å². The first-order valence-electron chi connectivity index (χ1n) is 4.43. The van der Waals surface area contributed by atoms with E-state index >= 15 is 0 Å². The maximum absolute atomic E-state index is 4.61. The maximum Gasteiger partial charge on any atom is 0.0348 e. The van der Waals surface area contributed by atoms with E-state index in [1.807, 2.05) is 0 Å². The van der Waals surface area contributed by atoms with Crippen molar-refractivity contribution in [2.24, 2.45) is 0 Å². The second-order valence-electron chi connectivity index (χ2n) is 2.76. The van der Waals surface area contributed by atoms with E-state index in [-0.39, 0.29) is 0 Å². The van der Waals surface area contributed by atoms with E-state index in [1.165, 1.54) is 19.3 Å². The highest BCUT2D eigenvalue weighted by Crippen LogP contribution is 2.19. The standard InChI is InChI=1S/C9H20N/c1-5-9(6-2,7-3)10-8-4/h5-8H2,1-4H3. The molecule has 0 fully saturated rings. The quantitative estimate of drug-likeness (QED) is 0.560. The molecular weight excluding hydrogens is 122 g/mol. The third-order valence-electron chi connectivity index (χ3n) is 2.47. The molecule has 0 aliphatic rings. The molecule has 1 radical (unpaired) electrons. The monoisotopic (exact) mass is 142 g/mol. The Labute approximate surface area is 65.2 Å². The van der Waals surface area contributed by atoms with Gasteiger partial charge in [-0.15, -0.1) is 0 Å². The third-order valence-corrected chi connectivity index (χ3v) is 2.47. The van der Waals surface area contributed by atoms with Gasteiger partial charge in [0, 0.05) is 12.1 Å². The molecule has 0 heterocycles. The highest BCUT2D eigenvalue weighted by Gasteiger charge is 2.22. The third kappa shape index (κ3) is 2.30. The summed E-state index contributed by atoms with van der Waals surface area (Å²) in [7, 11) is 0. The molecule has 0 aromatic heterocycles. The lowest BCUT2D eigenvalue weighted by Gasteiger charge is -2.29. The zero-order chi connectivity index (χ0) is 8.04. The molecule has 61 valence electrons. The number of nitrogens with zero attached hydrogens (tertiary/aromatic N) is 1. The summed E-state index contributed by atoms with van der Waals surface area (Å²) in [4.78, 5) is 0. The molecule has 10 heavy (non-hydrogen) atoms. The lowest BCUT2D eigenvalue weighted by molar-refractivity contribution is 0.290. The van der Waals surface area contributed by atoms with Crippen LogP contribution in [-0.4, -0.2) is 12.1 Å². The summed E-state index contributed by atoms with van der Waals surface area (Å²) in [6, 6.07) is 0. The zero-order valence-electron chi connectivity index (χ0n) is 7.78. The Morgan fingerprint density at radius 2 is 1.30 bits per heavy atom. The molecule has 0 amide bonds.